The van der Waals surface area contributed by atoms with E-state index in [-0.39, 0.29) is 35.2 Å². The number of furan rings is 2. The number of Topliss-reactive ketones (excluding diaryl/α,β-unsaturated/α-hetero) is 2. The molecule has 0 N–H and O–H groups in total. The molecule has 2 aromatic rings. The zero-order chi connectivity index (χ0) is 15.7. The van der Waals surface area contributed by atoms with Crippen LogP contribution in [0.5, 0.6) is 0 Å². The summed E-state index contributed by atoms with van der Waals surface area (Å²) in [5, 5.41) is 0. The Balaban J connectivity index is 2.07. The molecule has 0 saturated heterocycles. The summed E-state index contributed by atoms with van der Waals surface area (Å²) in [5.41, 5.74) is 0. The highest BCUT2D eigenvalue weighted by Crippen LogP contribution is 2.48. The van der Waals surface area contributed by atoms with E-state index in [1.807, 2.05) is 26.0 Å². The lowest BCUT2D eigenvalue weighted by atomic mass is 9.63. The smallest absolute Gasteiger partial charge is 0.137 e. The second-order valence-electron chi connectivity index (χ2n) is 5.97. The molecule has 1 saturated carbocycles. The molecule has 3 rings (SSSR count). The maximum Gasteiger partial charge on any atom is 0.137 e. The van der Waals surface area contributed by atoms with E-state index in [0.717, 1.165) is 0 Å². The fourth-order valence-corrected chi connectivity index (χ4v) is 3.64. The summed E-state index contributed by atoms with van der Waals surface area (Å²) in [5.74, 6) is 0.797. The third kappa shape index (κ3) is 2.43. The summed E-state index contributed by atoms with van der Waals surface area (Å²) >= 11 is 0. The van der Waals surface area contributed by atoms with Gasteiger partial charge in [-0.3, -0.25) is 9.59 Å². The van der Waals surface area contributed by atoms with Gasteiger partial charge < -0.3 is 8.83 Å². The molecule has 2 heterocycles. The number of ketones is 2. The van der Waals surface area contributed by atoms with Crippen LogP contribution in [0.1, 0.15) is 50.0 Å². The first-order valence-corrected chi connectivity index (χ1v) is 7.75. The first kappa shape index (κ1) is 14.8. The molecule has 4 heteroatoms. The van der Waals surface area contributed by atoms with E-state index < -0.39 is 0 Å². The van der Waals surface area contributed by atoms with Crippen molar-refractivity contribution in [2.75, 3.05) is 0 Å². The van der Waals surface area contributed by atoms with Gasteiger partial charge in [-0.05, 0) is 24.3 Å². The lowest BCUT2D eigenvalue weighted by molar-refractivity contribution is -0.133. The molecular weight excluding hydrogens is 280 g/mol. The van der Waals surface area contributed by atoms with Gasteiger partial charge in [-0.1, -0.05) is 13.8 Å². The number of carbonyl (C=O) groups is 2. The average molecular weight is 300 g/mol. The molecule has 116 valence electrons. The Kier molecular flexibility index (Phi) is 4.01. The fraction of sp³-hybridized carbons (Fsp3) is 0.444. The van der Waals surface area contributed by atoms with Crippen LogP contribution in [0.2, 0.25) is 0 Å². The summed E-state index contributed by atoms with van der Waals surface area (Å²) in [6.07, 6.45) is 3.98. The van der Waals surface area contributed by atoms with E-state index >= 15 is 0 Å². The van der Waals surface area contributed by atoms with Crippen LogP contribution in [0.3, 0.4) is 0 Å². The Morgan fingerprint density at radius 1 is 1.18 bits per heavy atom. The molecule has 2 aromatic heterocycles. The third-order valence-corrected chi connectivity index (χ3v) is 4.79. The van der Waals surface area contributed by atoms with E-state index in [4.69, 9.17) is 8.83 Å². The summed E-state index contributed by atoms with van der Waals surface area (Å²) in [7, 11) is 0. The van der Waals surface area contributed by atoms with E-state index in [1.54, 1.807) is 24.7 Å². The summed E-state index contributed by atoms with van der Waals surface area (Å²) < 4.78 is 11.1. The quantitative estimate of drug-likeness (QED) is 0.858. The van der Waals surface area contributed by atoms with Crippen molar-refractivity contribution in [2.24, 2.45) is 11.8 Å². The van der Waals surface area contributed by atoms with Crippen molar-refractivity contribution in [2.45, 2.75) is 38.5 Å². The van der Waals surface area contributed by atoms with Crippen LogP contribution in [0.15, 0.2) is 45.6 Å². The molecule has 0 aromatic carbocycles. The topological polar surface area (TPSA) is 60.4 Å². The van der Waals surface area contributed by atoms with Gasteiger partial charge in [-0.2, -0.15) is 0 Å². The van der Waals surface area contributed by atoms with E-state index in [0.29, 0.717) is 24.4 Å². The van der Waals surface area contributed by atoms with E-state index in [2.05, 4.69) is 0 Å². The first-order valence-electron chi connectivity index (χ1n) is 7.75. The van der Waals surface area contributed by atoms with Crippen molar-refractivity contribution < 1.29 is 18.4 Å². The maximum absolute atomic E-state index is 12.6. The van der Waals surface area contributed by atoms with Gasteiger partial charge in [0.15, 0.2) is 0 Å². The van der Waals surface area contributed by atoms with Crippen molar-refractivity contribution in [1.29, 1.82) is 0 Å². The molecule has 4 atom stereocenters. The molecular formula is C18H20O4. The molecule has 1 fully saturated rings. The lowest BCUT2D eigenvalue weighted by Gasteiger charge is -2.38. The second-order valence-corrected chi connectivity index (χ2v) is 5.97. The molecule has 0 amide bonds. The Morgan fingerprint density at radius 3 is 2.36 bits per heavy atom. The highest BCUT2D eigenvalue weighted by atomic mass is 16.3. The van der Waals surface area contributed by atoms with Gasteiger partial charge in [0.25, 0.3) is 0 Å². The fourth-order valence-electron chi connectivity index (χ4n) is 3.64. The Labute approximate surface area is 129 Å². The lowest BCUT2D eigenvalue weighted by Crippen LogP contribution is -2.40. The molecule has 4 nitrogen and oxygen atoms in total. The SMILES string of the molecule is CCC(=O)[C@H]1[C@H](c2ccco2)[C@H](C)C(=O)C[C@H]1c1ccco1. The zero-order valence-corrected chi connectivity index (χ0v) is 12.8. The van der Waals surface area contributed by atoms with Crippen molar-refractivity contribution in [3.8, 4) is 0 Å². The largest absolute Gasteiger partial charge is 0.469 e. The molecule has 1 aliphatic rings. The predicted octanol–water partition coefficient (Wildman–Crippen LogP) is 3.94. The minimum atomic E-state index is -0.282. The van der Waals surface area contributed by atoms with Gasteiger partial charge in [-0.15, -0.1) is 0 Å². The standard InChI is InChI=1S/C18H20O4/c1-3-13(19)18-12(15-6-4-8-21-15)10-14(20)11(2)17(18)16-7-5-9-22-16/h4-9,11-12,17-18H,3,10H2,1-2H3/t11-,12+,17+,18+/m1/s1. The van der Waals surface area contributed by atoms with Gasteiger partial charge >= 0.3 is 0 Å². The number of hydrogen-bond donors (Lipinski definition) is 0. The molecule has 0 aliphatic heterocycles. The highest BCUT2D eigenvalue weighted by Gasteiger charge is 2.48. The van der Waals surface area contributed by atoms with Crippen molar-refractivity contribution in [3.63, 3.8) is 0 Å². The minimum Gasteiger partial charge on any atom is -0.469 e. The Bertz CT molecular complexity index is 639. The van der Waals surface area contributed by atoms with Crippen LogP contribution in [0.25, 0.3) is 0 Å². The normalized spacial score (nSPS) is 28.7. The van der Waals surface area contributed by atoms with Crippen LogP contribution in [0.4, 0.5) is 0 Å². The van der Waals surface area contributed by atoms with E-state index in [1.165, 1.54) is 0 Å². The monoisotopic (exact) mass is 300 g/mol. The predicted molar refractivity (Wildman–Crippen MR) is 80.5 cm³/mol. The molecule has 0 spiro atoms. The van der Waals surface area contributed by atoms with Gasteiger partial charge in [-0.25, -0.2) is 0 Å². The first-order chi connectivity index (χ1) is 10.6. The molecule has 0 bridgehead atoms. The summed E-state index contributed by atoms with van der Waals surface area (Å²) in [6.45, 7) is 3.76. The molecule has 0 radical (unpaired) electrons. The minimum absolute atomic E-state index is 0.155. The van der Waals surface area contributed by atoms with Crippen LogP contribution in [0, 0.1) is 11.8 Å². The van der Waals surface area contributed by atoms with E-state index in [9.17, 15) is 9.59 Å². The van der Waals surface area contributed by atoms with Crippen LogP contribution in [-0.4, -0.2) is 11.6 Å². The number of carbonyl (C=O) groups excluding carboxylic acids is 2. The Hall–Kier alpha value is -2.10. The molecule has 0 unspecified atom stereocenters. The van der Waals surface area contributed by atoms with Gasteiger partial charge in [0.1, 0.15) is 23.1 Å². The van der Waals surface area contributed by atoms with Gasteiger partial charge in [0.2, 0.25) is 0 Å². The van der Waals surface area contributed by atoms with Gasteiger partial charge in [0.05, 0.1) is 12.5 Å². The average Bonchev–Trinajstić information content (AvgIpc) is 3.21. The maximum atomic E-state index is 12.6. The van der Waals surface area contributed by atoms with Crippen LogP contribution >= 0.6 is 0 Å². The van der Waals surface area contributed by atoms with Gasteiger partial charge in [0, 0.05) is 36.5 Å². The van der Waals surface area contributed by atoms with Crippen molar-refractivity contribution in [3.05, 3.63) is 48.3 Å². The van der Waals surface area contributed by atoms with Crippen molar-refractivity contribution >= 4 is 11.6 Å². The number of rotatable bonds is 4. The Morgan fingerprint density at radius 2 is 1.82 bits per heavy atom. The summed E-state index contributed by atoms with van der Waals surface area (Å²) in [4.78, 5) is 25.1. The number of hydrogen-bond acceptors (Lipinski definition) is 4. The highest BCUT2D eigenvalue weighted by molar-refractivity contribution is 5.90. The third-order valence-electron chi connectivity index (χ3n) is 4.79. The van der Waals surface area contributed by atoms with Crippen LogP contribution < -0.4 is 0 Å². The molecule has 22 heavy (non-hydrogen) atoms. The van der Waals surface area contributed by atoms with Crippen molar-refractivity contribution in [1.82, 2.24) is 0 Å². The zero-order valence-electron chi connectivity index (χ0n) is 12.8. The second kappa shape index (κ2) is 5.95. The summed E-state index contributed by atoms with van der Waals surface area (Å²) in [6, 6.07) is 7.31. The van der Waals surface area contributed by atoms with Crippen LogP contribution in [-0.2, 0) is 9.59 Å². The molecule has 1 aliphatic carbocycles.